The minimum atomic E-state index is -0.710. The minimum Gasteiger partial charge on any atom is -0.258 e. The van der Waals surface area contributed by atoms with Gasteiger partial charge in [0.25, 0.3) is 0 Å². The molecular formula is C12H24OS2. The zero-order valence-electron chi connectivity index (χ0n) is 10.4. The normalized spacial score (nSPS) is 23.7. The van der Waals surface area contributed by atoms with Crippen molar-refractivity contribution in [1.82, 2.24) is 0 Å². The zero-order valence-corrected chi connectivity index (χ0v) is 12.0. The monoisotopic (exact) mass is 248 g/mol. The fourth-order valence-electron chi connectivity index (χ4n) is 2.21. The second-order valence-electron chi connectivity index (χ2n) is 5.41. The first kappa shape index (κ1) is 13.6. The van der Waals surface area contributed by atoms with E-state index < -0.39 is 10.8 Å². The molecule has 1 rings (SSSR count). The molecule has 1 nitrogen and oxygen atoms in total. The molecule has 0 saturated heterocycles. The molecule has 0 aromatic carbocycles. The second kappa shape index (κ2) is 5.72. The van der Waals surface area contributed by atoms with Gasteiger partial charge in [-0.05, 0) is 45.8 Å². The topological polar surface area (TPSA) is 17.1 Å². The third kappa shape index (κ3) is 3.77. The van der Waals surface area contributed by atoms with E-state index in [2.05, 4.69) is 27.0 Å². The van der Waals surface area contributed by atoms with Crippen molar-refractivity contribution in [3.8, 4) is 0 Å². The molecule has 0 aromatic heterocycles. The average molecular weight is 248 g/mol. The van der Waals surface area contributed by atoms with Gasteiger partial charge in [-0.15, -0.1) is 11.8 Å². The van der Waals surface area contributed by atoms with E-state index in [0.29, 0.717) is 10.5 Å². The summed E-state index contributed by atoms with van der Waals surface area (Å²) in [5.74, 6) is 0.689. The van der Waals surface area contributed by atoms with Crippen LogP contribution in [0.5, 0.6) is 0 Å². The van der Waals surface area contributed by atoms with Crippen LogP contribution in [0.4, 0.5) is 0 Å². The lowest BCUT2D eigenvalue weighted by atomic mass is 9.91. The minimum absolute atomic E-state index is 0.0644. The van der Waals surface area contributed by atoms with Gasteiger partial charge in [-0.1, -0.05) is 19.3 Å². The molecule has 0 aliphatic heterocycles. The fraction of sp³-hybridized carbons (Fsp3) is 1.00. The zero-order chi connectivity index (χ0) is 11.5. The molecule has 2 atom stereocenters. The van der Waals surface area contributed by atoms with E-state index >= 15 is 0 Å². The lowest BCUT2D eigenvalue weighted by Gasteiger charge is -2.32. The lowest BCUT2D eigenvalue weighted by Crippen LogP contribution is -2.35. The smallest absolute Gasteiger partial charge is 0.0831 e. The number of hydrogen-bond acceptors (Lipinski definition) is 2. The van der Waals surface area contributed by atoms with Crippen molar-refractivity contribution < 1.29 is 4.21 Å². The van der Waals surface area contributed by atoms with Crippen molar-refractivity contribution in [3.05, 3.63) is 0 Å². The molecule has 1 aliphatic carbocycles. The lowest BCUT2D eigenvalue weighted by molar-refractivity contribution is 0.377. The van der Waals surface area contributed by atoms with E-state index in [4.69, 9.17) is 0 Å². The quantitative estimate of drug-likeness (QED) is 0.755. The molecule has 0 N–H and O–H groups in total. The van der Waals surface area contributed by atoms with Gasteiger partial charge in [-0.25, -0.2) is 0 Å². The van der Waals surface area contributed by atoms with Crippen molar-refractivity contribution in [2.24, 2.45) is 5.92 Å². The first-order chi connectivity index (χ1) is 6.96. The highest BCUT2D eigenvalue weighted by molar-refractivity contribution is 8.11. The summed E-state index contributed by atoms with van der Waals surface area (Å²) < 4.78 is 12.7. The van der Waals surface area contributed by atoms with Gasteiger partial charge in [0.05, 0.1) is 4.58 Å². The van der Waals surface area contributed by atoms with Crippen molar-refractivity contribution in [1.29, 1.82) is 0 Å². The molecular weight excluding hydrogens is 224 g/mol. The average Bonchev–Trinajstić information content (AvgIpc) is 2.19. The summed E-state index contributed by atoms with van der Waals surface area (Å²) in [7, 11) is -0.710. The Bertz CT molecular complexity index is 214. The van der Waals surface area contributed by atoms with E-state index in [0.717, 1.165) is 0 Å². The van der Waals surface area contributed by atoms with Crippen LogP contribution >= 0.6 is 11.8 Å². The van der Waals surface area contributed by atoms with Crippen LogP contribution in [0.25, 0.3) is 0 Å². The highest BCUT2D eigenvalue weighted by Gasteiger charge is 2.33. The van der Waals surface area contributed by atoms with Crippen LogP contribution in [0, 0.1) is 5.92 Å². The number of hydrogen-bond donors (Lipinski definition) is 0. The Hall–Kier alpha value is 0.500. The summed E-state index contributed by atoms with van der Waals surface area (Å²) in [4.78, 5) is 0. The molecule has 0 bridgehead atoms. The highest BCUT2D eigenvalue weighted by Crippen LogP contribution is 2.36. The molecule has 3 heteroatoms. The van der Waals surface area contributed by atoms with Gasteiger partial charge in [0, 0.05) is 15.5 Å². The van der Waals surface area contributed by atoms with Crippen LogP contribution in [0.15, 0.2) is 0 Å². The number of thioether (sulfide) groups is 1. The van der Waals surface area contributed by atoms with Crippen LogP contribution in [-0.4, -0.2) is 19.8 Å². The van der Waals surface area contributed by atoms with Crippen LogP contribution in [-0.2, 0) is 10.8 Å². The van der Waals surface area contributed by atoms with Crippen LogP contribution in [0.1, 0.15) is 52.9 Å². The number of rotatable bonds is 3. The van der Waals surface area contributed by atoms with Gasteiger partial charge in [0.2, 0.25) is 0 Å². The third-order valence-corrected chi connectivity index (χ3v) is 7.05. The largest absolute Gasteiger partial charge is 0.258 e. The molecule has 0 heterocycles. The van der Waals surface area contributed by atoms with E-state index in [1.165, 1.54) is 32.1 Å². The Morgan fingerprint density at radius 1 is 1.20 bits per heavy atom. The molecule has 0 amide bonds. The van der Waals surface area contributed by atoms with Gasteiger partial charge in [0.15, 0.2) is 0 Å². The Morgan fingerprint density at radius 2 is 1.73 bits per heavy atom. The predicted molar refractivity (Wildman–Crippen MR) is 71.8 cm³/mol. The van der Waals surface area contributed by atoms with Crippen LogP contribution in [0.2, 0.25) is 0 Å². The van der Waals surface area contributed by atoms with Gasteiger partial charge in [0.1, 0.15) is 0 Å². The SMILES string of the molecule is CSC(C1CCCCC1)S(=O)C(C)(C)C. The van der Waals surface area contributed by atoms with Crippen molar-refractivity contribution in [2.45, 2.75) is 62.2 Å². The third-order valence-electron chi connectivity index (χ3n) is 3.08. The maximum absolute atomic E-state index is 12.4. The van der Waals surface area contributed by atoms with E-state index in [9.17, 15) is 4.21 Å². The van der Waals surface area contributed by atoms with E-state index in [-0.39, 0.29) is 4.75 Å². The molecule has 0 spiro atoms. The Morgan fingerprint density at radius 3 is 2.13 bits per heavy atom. The van der Waals surface area contributed by atoms with Crippen LogP contribution in [0.3, 0.4) is 0 Å². The fourth-order valence-corrected chi connectivity index (χ4v) is 5.75. The van der Waals surface area contributed by atoms with Gasteiger partial charge in [-0.3, -0.25) is 4.21 Å². The van der Waals surface area contributed by atoms with E-state index in [1.807, 2.05) is 11.8 Å². The van der Waals surface area contributed by atoms with Gasteiger partial charge >= 0.3 is 0 Å². The van der Waals surface area contributed by atoms with Crippen molar-refractivity contribution in [2.75, 3.05) is 6.26 Å². The maximum Gasteiger partial charge on any atom is 0.0831 e. The summed E-state index contributed by atoms with van der Waals surface area (Å²) in [6.45, 7) is 6.28. The standard InChI is InChI=1S/C12H24OS2/c1-12(2,3)15(13)11(14-4)10-8-6-5-7-9-10/h10-11H,5-9H2,1-4H3. The summed E-state index contributed by atoms with van der Waals surface area (Å²) in [5, 5.41) is 0. The van der Waals surface area contributed by atoms with Crippen molar-refractivity contribution >= 4 is 22.6 Å². The van der Waals surface area contributed by atoms with Gasteiger partial charge in [-0.2, -0.15) is 0 Å². The summed E-state index contributed by atoms with van der Waals surface area (Å²) in [6.07, 6.45) is 8.73. The Labute approximate surface area is 101 Å². The Kier molecular flexibility index (Phi) is 5.17. The molecule has 0 aromatic rings. The summed E-state index contributed by atoms with van der Waals surface area (Å²) >= 11 is 1.81. The summed E-state index contributed by atoms with van der Waals surface area (Å²) in [6, 6.07) is 0. The molecule has 1 saturated carbocycles. The molecule has 1 fully saturated rings. The van der Waals surface area contributed by atoms with E-state index in [1.54, 1.807) is 0 Å². The predicted octanol–water partition coefficient (Wildman–Crippen LogP) is 3.80. The molecule has 1 aliphatic rings. The molecule has 15 heavy (non-hydrogen) atoms. The first-order valence-corrected chi connectivity index (χ1v) is 8.40. The van der Waals surface area contributed by atoms with Crippen LogP contribution < -0.4 is 0 Å². The van der Waals surface area contributed by atoms with Gasteiger partial charge < -0.3 is 0 Å². The Balaban J connectivity index is 2.65. The molecule has 90 valence electrons. The second-order valence-corrected chi connectivity index (χ2v) is 9.02. The van der Waals surface area contributed by atoms with Crippen molar-refractivity contribution in [3.63, 3.8) is 0 Å². The highest BCUT2D eigenvalue weighted by atomic mass is 32.2. The molecule has 0 radical (unpaired) electrons. The maximum atomic E-state index is 12.4. The summed E-state index contributed by atoms with van der Waals surface area (Å²) in [5.41, 5.74) is 0. The molecule has 2 unspecified atom stereocenters. The first-order valence-electron chi connectivity index (χ1n) is 5.90.